The van der Waals surface area contributed by atoms with Crippen LogP contribution in [-0.4, -0.2) is 11.7 Å². The molecule has 0 aliphatic carbocycles. The number of nitrogens with zero attached hydrogens (tertiary/aromatic N) is 1. The van der Waals surface area contributed by atoms with Crippen molar-refractivity contribution in [2.75, 3.05) is 0 Å². The van der Waals surface area contributed by atoms with Crippen molar-refractivity contribution in [3.8, 4) is 0 Å². The average Bonchev–Trinajstić information content (AvgIpc) is 2.29. The lowest BCUT2D eigenvalue weighted by Gasteiger charge is -2.03. The minimum atomic E-state index is -0.149. The topological polar surface area (TPSA) is 53.5 Å². The lowest BCUT2D eigenvalue weighted by atomic mass is 10.1. The molecule has 0 fully saturated rings. The number of aliphatic imine (C=N–C) groups is 1. The van der Waals surface area contributed by atoms with Crippen molar-refractivity contribution >= 4 is 17.4 Å². The van der Waals surface area contributed by atoms with Gasteiger partial charge in [-0.3, -0.25) is 15.6 Å². The first-order valence-corrected chi connectivity index (χ1v) is 4.39. The molecule has 0 radical (unpaired) electrons. The summed E-state index contributed by atoms with van der Waals surface area (Å²) >= 11 is 0. The maximum Gasteiger partial charge on any atom is 0.271 e. The number of fused-ring (bicyclic) bond motifs is 1. The highest BCUT2D eigenvalue weighted by Gasteiger charge is 2.14. The largest absolute Gasteiger partial charge is 0.285 e. The molecule has 4 nitrogen and oxygen atoms in total. The molecule has 0 saturated heterocycles. The van der Waals surface area contributed by atoms with Crippen LogP contribution in [0.5, 0.6) is 0 Å². The first-order valence-electron chi connectivity index (χ1n) is 4.39. The predicted octanol–water partition coefficient (Wildman–Crippen LogP) is 1.29. The molecule has 2 N–H and O–H groups in total. The van der Waals surface area contributed by atoms with Gasteiger partial charge in [-0.05, 0) is 26.0 Å². The van der Waals surface area contributed by atoms with Gasteiger partial charge in [-0.25, -0.2) is 4.99 Å². The van der Waals surface area contributed by atoms with Gasteiger partial charge in [0.2, 0.25) is 0 Å². The van der Waals surface area contributed by atoms with Crippen molar-refractivity contribution in [1.29, 1.82) is 0 Å². The van der Waals surface area contributed by atoms with Crippen LogP contribution in [0.15, 0.2) is 23.2 Å². The molecule has 0 unspecified atom stereocenters. The SMILES string of the molecule is CC1=Nc2ccc(C)cc2C(=O)NN1. The molecule has 1 aliphatic heterocycles. The van der Waals surface area contributed by atoms with E-state index in [-0.39, 0.29) is 5.91 Å². The van der Waals surface area contributed by atoms with E-state index in [1.165, 1.54) is 0 Å². The summed E-state index contributed by atoms with van der Waals surface area (Å²) in [6.07, 6.45) is 0. The standard InChI is InChI=1S/C10H11N3O/c1-6-3-4-9-8(5-6)10(14)13-12-7(2)11-9/h3-5H,1-2H3,(H,11,12)(H,13,14). The number of carbonyl (C=O) groups excluding carboxylic acids is 1. The molecule has 72 valence electrons. The van der Waals surface area contributed by atoms with Crippen LogP contribution in [0.4, 0.5) is 5.69 Å². The number of hydrogen-bond acceptors (Lipinski definition) is 3. The summed E-state index contributed by atoms with van der Waals surface area (Å²) in [5.41, 5.74) is 7.63. The quantitative estimate of drug-likeness (QED) is 0.646. The van der Waals surface area contributed by atoms with E-state index in [0.29, 0.717) is 17.1 Å². The molecule has 0 saturated carbocycles. The van der Waals surface area contributed by atoms with Crippen LogP contribution in [0, 0.1) is 6.92 Å². The third-order valence-corrected chi connectivity index (χ3v) is 2.04. The number of hydrazine groups is 1. The number of rotatable bonds is 0. The Hall–Kier alpha value is -1.84. The van der Waals surface area contributed by atoms with E-state index in [1.807, 2.05) is 25.1 Å². The van der Waals surface area contributed by atoms with Gasteiger partial charge in [0.25, 0.3) is 5.91 Å². The van der Waals surface area contributed by atoms with Crippen LogP contribution in [-0.2, 0) is 0 Å². The van der Waals surface area contributed by atoms with E-state index in [2.05, 4.69) is 15.8 Å². The zero-order chi connectivity index (χ0) is 10.1. The van der Waals surface area contributed by atoms with Crippen molar-refractivity contribution in [1.82, 2.24) is 10.9 Å². The number of aryl methyl sites for hydroxylation is 1. The average molecular weight is 189 g/mol. The third-order valence-electron chi connectivity index (χ3n) is 2.04. The Morgan fingerprint density at radius 3 is 2.79 bits per heavy atom. The molecular weight excluding hydrogens is 178 g/mol. The first kappa shape index (κ1) is 8.74. The Morgan fingerprint density at radius 1 is 1.21 bits per heavy atom. The zero-order valence-corrected chi connectivity index (χ0v) is 8.09. The second kappa shape index (κ2) is 3.14. The van der Waals surface area contributed by atoms with Crippen LogP contribution in [0.25, 0.3) is 0 Å². The fraction of sp³-hybridized carbons (Fsp3) is 0.200. The summed E-state index contributed by atoms with van der Waals surface area (Å²) in [6.45, 7) is 3.75. The van der Waals surface area contributed by atoms with Crippen LogP contribution < -0.4 is 10.9 Å². The van der Waals surface area contributed by atoms with E-state index < -0.39 is 0 Å². The summed E-state index contributed by atoms with van der Waals surface area (Å²) in [5, 5.41) is 0. The molecule has 0 spiro atoms. The monoisotopic (exact) mass is 189 g/mol. The number of amides is 1. The second-order valence-electron chi connectivity index (χ2n) is 3.30. The lowest BCUT2D eigenvalue weighted by Crippen LogP contribution is -2.38. The number of nitrogens with one attached hydrogen (secondary N) is 2. The normalized spacial score (nSPS) is 14.7. The van der Waals surface area contributed by atoms with Crippen LogP contribution in [0.2, 0.25) is 0 Å². The van der Waals surface area contributed by atoms with Crippen molar-refractivity contribution in [3.63, 3.8) is 0 Å². The maximum atomic E-state index is 11.6. The van der Waals surface area contributed by atoms with E-state index in [9.17, 15) is 4.79 Å². The van der Waals surface area contributed by atoms with E-state index in [1.54, 1.807) is 6.92 Å². The second-order valence-corrected chi connectivity index (χ2v) is 3.30. The highest BCUT2D eigenvalue weighted by atomic mass is 16.2. The molecule has 1 amide bonds. The fourth-order valence-electron chi connectivity index (χ4n) is 1.35. The molecule has 0 atom stereocenters. The van der Waals surface area contributed by atoms with Gasteiger partial charge in [0.05, 0.1) is 11.3 Å². The Bertz CT molecular complexity index is 423. The minimum Gasteiger partial charge on any atom is -0.285 e. The Balaban J connectivity index is 2.59. The van der Waals surface area contributed by atoms with Gasteiger partial charge >= 0.3 is 0 Å². The lowest BCUT2D eigenvalue weighted by molar-refractivity contribution is 0.0945. The molecule has 1 heterocycles. The van der Waals surface area contributed by atoms with Gasteiger partial charge in [0.1, 0.15) is 5.84 Å². The van der Waals surface area contributed by atoms with Crippen molar-refractivity contribution in [2.45, 2.75) is 13.8 Å². The van der Waals surface area contributed by atoms with Gasteiger partial charge in [-0.2, -0.15) is 0 Å². The number of hydrogen-bond donors (Lipinski definition) is 2. The Morgan fingerprint density at radius 2 is 2.00 bits per heavy atom. The van der Waals surface area contributed by atoms with Gasteiger partial charge in [-0.15, -0.1) is 0 Å². The van der Waals surface area contributed by atoms with Crippen molar-refractivity contribution in [3.05, 3.63) is 29.3 Å². The van der Waals surface area contributed by atoms with Crippen LogP contribution in [0.3, 0.4) is 0 Å². The van der Waals surface area contributed by atoms with Gasteiger partial charge in [0, 0.05) is 0 Å². The molecule has 2 rings (SSSR count). The number of benzene rings is 1. The summed E-state index contributed by atoms with van der Waals surface area (Å²) in [6, 6.07) is 5.61. The molecule has 1 aliphatic rings. The molecule has 1 aromatic rings. The summed E-state index contributed by atoms with van der Waals surface area (Å²) in [7, 11) is 0. The highest BCUT2D eigenvalue weighted by molar-refractivity contribution is 6.03. The Labute approximate surface area is 82.0 Å². The third kappa shape index (κ3) is 1.46. The fourth-order valence-corrected chi connectivity index (χ4v) is 1.35. The van der Waals surface area contributed by atoms with Crippen LogP contribution in [0.1, 0.15) is 22.8 Å². The minimum absolute atomic E-state index is 0.149. The zero-order valence-electron chi connectivity index (χ0n) is 8.09. The first-order chi connectivity index (χ1) is 6.66. The molecule has 0 aromatic heterocycles. The number of amidine groups is 1. The summed E-state index contributed by atoms with van der Waals surface area (Å²) in [5.74, 6) is 0.533. The van der Waals surface area contributed by atoms with Crippen LogP contribution >= 0.6 is 0 Å². The molecular formula is C10H11N3O. The summed E-state index contributed by atoms with van der Waals surface area (Å²) < 4.78 is 0. The van der Waals surface area contributed by atoms with Crippen molar-refractivity contribution in [2.24, 2.45) is 4.99 Å². The van der Waals surface area contributed by atoms with Crippen molar-refractivity contribution < 1.29 is 4.79 Å². The van der Waals surface area contributed by atoms with E-state index >= 15 is 0 Å². The van der Waals surface area contributed by atoms with E-state index in [4.69, 9.17) is 0 Å². The number of carbonyl (C=O) groups is 1. The van der Waals surface area contributed by atoms with Gasteiger partial charge < -0.3 is 0 Å². The highest BCUT2D eigenvalue weighted by Crippen LogP contribution is 2.21. The summed E-state index contributed by atoms with van der Waals surface area (Å²) in [4.78, 5) is 15.8. The molecule has 4 heteroatoms. The predicted molar refractivity (Wildman–Crippen MR) is 54.5 cm³/mol. The van der Waals surface area contributed by atoms with Gasteiger partial charge in [-0.1, -0.05) is 11.6 Å². The molecule has 14 heavy (non-hydrogen) atoms. The molecule has 0 bridgehead atoms. The maximum absolute atomic E-state index is 11.6. The van der Waals surface area contributed by atoms with Gasteiger partial charge in [0.15, 0.2) is 0 Å². The Kier molecular flexibility index (Phi) is 1.96. The molecule has 1 aromatic carbocycles. The smallest absolute Gasteiger partial charge is 0.271 e. The van der Waals surface area contributed by atoms with E-state index in [0.717, 1.165) is 5.56 Å².